The van der Waals surface area contributed by atoms with Crippen LogP contribution in [0.3, 0.4) is 0 Å². The number of aryl methyl sites for hydroxylation is 1. The highest BCUT2D eigenvalue weighted by Crippen LogP contribution is 2.08. The Labute approximate surface area is 106 Å². The predicted octanol–water partition coefficient (Wildman–Crippen LogP) is 3.33. The SMILES string of the molecule is COSI.O=C(O)CCc1ccccc1. The summed E-state index contributed by atoms with van der Waals surface area (Å²) in [5.41, 5.74) is 1.08. The Morgan fingerprint density at radius 2 is 2.00 bits per heavy atom. The lowest BCUT2D eigenvalue weighted by Gasteiger charge is -1.95. The number of aliphatic carboxylic acids is 1. The van der Waals surface area contributed by atoms with Crippen LogP contribution in [-0.2, 0) is 15.4 Å². The first-order valence-corrected chi connectivity index (χ1v) is 7.56. The maximum atomic E-state index is 10.2. The lowest BCUT2D eigenvalue weighted by Crippen LogP contribution is -1.96. The fraction of sp³-hybridized carbons (Fsp3) is 0.300. The molecule has 0 aliphatic carbocycles. The molecule has 0 spiro atoms. The van der Waals surface area contributed by atoms with E-state index in [1.54, 1.807) is 7.11 Å². The zero-order valence-corrected chi connectivity index (χ0v) is 11.3. The Morgan fingerprint density at radius 1 is 1.47 bits per heavy atom. The molecular weight excluding hydrogens is 327 g/mol. The van der Waals surface area contributed by atoms with Crippen LogP contribution in [-0.4, -0.2) is 18.2 Å². The van der Waals surface area contributed by atoms with Gasteiger partial charge in [-0.25, -0.2) is 0 Å². The Hall–Kier alpha value is -0.270. The van der Waals surface area contributed by atoms with Gasteiger partial charge in [0.2, 0.25) is 0 Å². The molecule has 1 aromatic rings. The van der Waals surface area contributed by atoms with Crippen LogP contribution in [0.2, 0.25) is 0 Å². The Morgan fingerprint density at radius 3 is 2.40 bits per heavy atom. The standard InChI is InChI=1S/C9H10O2.CH3IOS/c10-9(11)7-6-8-4-2-1-3-5-8;1-3-4-2/h1-5H,6-7H2,(H,10,11);1H3. The molecule has 0 radical (unpaired) electrons. The average Bonchev–Trinajstić information content (AvgIpc) is 2.28. The van der Waals surface area contributed by atoms with E-state index in [2.05, 4.69) is 4.18 Å². The molecular formula is C10H13IO3S. The lowest BCUT2D eigenvalue weighted by molar-refractivity contribution is -0.136. The van der Waals surface area contributed by atoms with E-state index in [9.17, 15) is 4.79 Å². The molecule has 0 amide bonds. The zero-order chi connectivity index (χ0) is 11.5. The number of halogens is 1. The van der Waals surface area contributed by atoms with Gasteiger partial charge in [0.1, 0.15) is 0 Å². The van der Waals surface area contributed by atoms with Crippen molar-refractivity contribution < 1.29 is 14.1 Å². The van der Waals surface area contributed by atoms with Crippen LogP contribution in [0.1, 0.15) is 12.0 Å². The molecule has 0 saturated heterocycles. The molecule has 0 unspecified atom stereocenters. The molecule has 1 aromatic carbocycles. The molecule has 0 fully saturated rings. The number of benzene rings is 1. The minimum absolute atomic E-state index is 0.212. The summed E-state index contributed by atoms with van der Waals surface area (Å²) in [5, 5.41) is 8.37. The highest BCUT2D eigenvalue weighted by Gasteiger charge is 1.96. The third-order valence-electron chi connectivity index (χ3n) is 1.53. The van der Waals surface area contributed by atoms with Gasteiger partial charge in [0.15, 0.2) is 0 Å². The quantitative estimate of drug-likeness (QED) is 0.675. The van der Waals surface area contributed by atoms with Crippen molar-refractivity contribution in [3.05, 3.63) is 35.9 Å². The van der Waals surface area contributed by atoms with Crippen molar-refractivity contribution in [2.75, 3.05) is 7.11 Å². The van der Waals surface area contributed by atoms with E-state index in [0.717, 1.165) is 5.56 Å². The number of carboxylic acid groups (broad SMARTS) is 1. The molecule has 0 aliphatic rings. The van der Waals surface area contributed by atoms with Crippen LogP contribution in [0, 0.1) is 0 Å². The van der Waals surface area contributed by atoms with Gasteiger partial charge in [-0.15, -0.1) is 0 Å². The first-order valence-electron chi connectivity index (χ1n) is 4.27. The summed E-state index contributed by atoms with van der Waals surface area (Å²) in [6.07, 6.45) is 0.834. The summed E-state index contributed by atoms with van der Waals surface area (Å²) < 4.78 is 4.44. The van der Waals surface area contributed by atoms with E-state index in [-0.39, 0.29) is 6.42 Å². The van der Waals surface area contributed by atoms with Crippen LogP contribution in [0.25, 0.3) is 0 Å². The smallest absolute Gasteiger partial charge is 0.303 e. The summed E-state index contributed by atoms with van der Waals surface area (Å²) in [5.74, 6) is -0.742. The topological polar surface area (TPSA) is 46.5 Å². The summed E-state index contributed by atoms with van der Waals surface area (Å²) in [6.45, 7) is 0. The molecule has 0 heterocycles. The van der Waals surface area contributed by atoms with Crippen molar-refractivity contribution in [2.45, 2.75) is 12.8 Å². The molecule has 1 N–H and O–H groups in total. The van der Waals surface area contributed by atoms with Gasteiger partial charge in [0.05, 0.1) is 16.3 Å². The average molecular weight is 340 g/mol. The fourth-order valence-electron chi connectivity index (χ4n) is 0.896. The molecule has 3 nitrogen and oxygen atoms in total. The third kappa shape index (κ3) is 10.0. The van der Waals surface area contributed by atoms with Crippen molar-refractivity contribution in [1.29, 1.82) is 0 Å². The first-order chi connectivity index (χ1) is 7.20. The first kappa shape index (κ1) is 14.7. The van der Waals surface area contributed by atoms with Crippen molar-refractivity contribution in [1.82, 2.24) is 0 Å². The second-order valence-electron chi connectivity index (χ2n) is 2.61. The van der Waals surface area contributed by atoms with Gasteiger partial charge in [-0.2, -0.15) is 0 Å². The summed E-state index contributed by atoms with van der Waals surface area (Å²) in [7, 11) is 2.96. The van der Waals surface area contributed by atoms with Gasteiger partial charge < -0.3 is 9.29 Å². The highest BCUT2D eigenvalue weighted by molar-refractivity contribution is 14.2. The second kappa shape index (κ2) is 10.3. The Kier molecular flexibility index (Phi) is 10.1. The van der Waals surface area contributed by atoms with Crippen LogP contribution in [0.4, 0.5) is 0 Å². The fourth-order valence-corrected chi connectivity index (χ4v) is 0.896. The number of hydrogen-bond acceptors (Lipinski definition) is 3. The van der Waals surface area contributed by atoms with Crippen LogP contribution in [0.5, 0.6) is 0 Å². The Balaban J connectivity index is 0.000000423. The van der Waals surface area contributed by atoms with Crippen LogP contribution < -0.4 is 0 Å². The summed E-state index contributed by atoms with van der Waals surface area (Å²) in [4.78, 5) is 10.2. The molecule has 0 aromatic heterocycles. The van der Waals surface area contributed by atoms with E-state index in [0.29, 0.717) is 6.42 Å². The van der Waals surface area contributed by atoms with E-state index in [1.165, 1.54) is 9.21 Å². The van der Waals surface area contributed by atoms with Gasteiger partial charge in [-0.1, -0.05) is 30.3 Å². The van der Waals surface area contributed by atoms with Crippen LogP contribution in [0.15, 0.2) is 30.3 Å². The zero-order valence-electron chi connectivity index (χ0n) is 8.35. The molecule has 15 heavy (non-hydrogen) atoms. The van der Waals surface area contributed by atoms with Gasteiger partial charge in [0.25, 0.3) is 0 Å². The van der Waals surface area contributed by atoms with Gasteiger partial charge in [0, 0.05) is 27.6 Å². The van der Waals surface area contributed by atoms with Gasteiger partial charge in [-0.3, -0.25) is 4.79 Å². The maximum absolute atomic E-state index is 10.2. The third-order valence-corrected chi connectivity index (χ3v) is 2.74. The van der Waals surface area contributed by atoms with Crippen molar-refractivity contribution in [3.63, 3.8) is 0 Å². The molecule has 0 bridgehead atoms. The summed E-state index contributed by atoms with van der Waals surface area (Å²) >= 11 is 2.05. The molecule has 0 saturated carbocycles. The number of carbonyl (C=O) groups is 1. The van der Waals surface area contributed by atoms with Gasteiger partial charge >= 0.3 is 5.97 Å². The molecule has 5 heteroatoms. The maximum Gasteiger partial charge on any atom is 0.303 e. The van der Waals surface area contributed by atoms with Crippen molar-refractivity contribution >= 4 is 36.4 Å². The number of rotatable bonds is 4. The van der Waals surface area contributed by atoms with E-state index in [4.69, 9.17) is 5.11 Å². The largest absolute Gasteiger partial charge is 0.481 e. The predicted molar refractivity (Wildman–Crippen MR) is 71.0 cm³/mol. The van der Waals surface area contributed by atoms with Crippen molar-refractivity contribution in [2.24, 2.45) is 0 Å². The van der Waals surface area contributed by atoms with Gasteiger partial charge in [-0.05, 0) is 12.0 Å². The molecule has 0 aliphatic heterocycles. The molecule has 0 atom stereocenters. The minimum Gasteiger partial charge on any atom is -0.481 e. The van der Waals surface area contributed by atoms with E-state index >= 15 is 0 Å². The molecule has 1 rings (SSSR count). The molecule has 84 valence electrons. The normalized spacial score (nSPS) is 8.93. The Bertz CT molecular complexity index is 265. The number of carboxylic acids is 1. The second-order valence-corrected chi connectivity index (χ2v) is 4.15. The van der Waals surface area contributed by atoms with Crippen LogP contribution >= 0.6 is 30.4 Å². The monoisotopic (exact) mass is 340 g/mol. The van der Waals surface area contributed by atoms with Crippen molar-refractivity contribution in [3.8, 4) is 0 Å². The van der Waals surface area contributed by atoms with E-state index in [1.807, 2.05) is 51.5 Å². The lowest BCUT2D eigenvalue weighted by atomic mass is 10.1. The minimum atomic E-state index is -0.742. The van der Waals surface area contributed by atoms with E-state index < -0.39 is 5.97 Å². The number of hydrogen-bond donors (Lipinski definition) is 1. The highest BCUT2D eigenvalue weighted by atomic mass is 127. The summed E-state index contributed by atoms with van der Waals surface area (Å²) in [6, 6.07) is 9.62.